The summed E-state index contributed by atoms with van der Waals surface area (Å²) < 4.78 is 11.9. The maximum atomic E-state index is 12.6. The van der Waals surface area contributed by atoms with E-state index in [4.69, 9.17) is 9.47 Å². The first-order valence-corrected chi connectivity index (χ1v) is 11.9. The maximum Gasteiger partial charge on any atom is 0.251 e. The predicted octanol–water partition coefficient (Wildman–Crippen LogP) is 4.46. The Labute approximate surface area is 192 Å². The lowest BCUT2D eigenvalue weighted by Gasteiger charge is -2.35. The van der Waals surface area contributed by atoms with Crippen LogP contribution in [0, 0.1) is 0 Å². The van der Waals surface area contributed by atoms with Crippen molar-refractivity contribution in [3.63, 3.8) is 0 Å². The largest absolute Gasteiger partial charge is 0.490 e. The number of hydrogen-bond donors (Lipinski definition) is 1. The summed E-state index contributed by atoms with van der Waals surface area (Å²) in [5, 5.41) is 3.15. The molecule has 172 valence electrons. The molecule has 2 fully saturated rings. The summed E-state index contributed by atoms with van der Waals surface area (Å²) in [6, 6.07) is 18.4. The molecule has 1 atom stereocenters. The Morgan fingerprint density at radius 1 is 1.06 bits per heavy atom. The number of likely N-dealkylation sites (tertiary alicyclic amines) is 1. The van der Waals surface area contributed by atoms with Crippen LogP contribution in [-0.2, 0) is 11.2 Å². The molecular weight excluding hydrogens is 400 g/mol. The van der Waals surface area contributed by atoms with Crippen LogP contribution in [-0.4, -0.2) is 54.8 Å². The summed E-state index contributed by atoms with van der Waals surface area (Å²) in [6.07, 6.45) is 5.12. The topological polar surface area (TPSA) is 50.8 Å². The standard InChI is InChI=1S/C27H36N2O3/c1-27(2)20-23(15-19-31-27)28-26(30)22-8-10-24(11-9-22)32-25-13-17-29(18-14-25)16-12-21-6-4-3-5-7-21/h3-11,23,25H,12-20H2,1-2H3,(H,28,30). The van der Waals surface area contributed by atoms with Crippen molar-refractivity contribution in [2.45, 2.75) is 63.7 Å². The van der Waals surface area contributed by atoms with E-state index in [-0.39, 0.29) is 23.7 Å². The zero-order valence-corrected chi connectivity index (χ0v) is 19.4. The molecule has 1 amide bonds. The molecule has 2 aliphatic heterocycles. The van der Waals surface area contributed by atoms with Gasteiger partial charge in [0.15, 0.2) is 0 Å². The number of hydrogen-bond acceptors (Lipinski definition) is 4. The van der Waals surface area contributed by atoms with Gasteiger partial charge < -0.3 is 19.7 Å². The van der Waals surface area contributed by atoms with Gasteiger partial charge in [-0.25, -0.2) is 0 Å². The smallest absolute Gasteiger partial charge is 0.251 e. The minimum Gasteiger partial charge on any atom is -0.490 e. The lowest BCUT2D eigenvalue weighted by molar-refractivity contribution is -0.0615. The number of benzene rings is 2. The highest BCUT2D eigenvalue weighted by Crippen LogP contribution is 2.24. The average molecular weight is 437 g/mol. The number of carbonyl (C=O) groups excluding carboxylic acids is 1. The van der Waals surface area contributed by atoms with E-state index >= 15 is 0 Å². The van der Waals surface area contributed by atoms with Gasteiger partial charge in [-0.15, -0.1) is 0 Å². The Morgan fingerprint density at radius 2 is 1.78 bits per heavy atom. The summed E-state index contributed by atoms with van der Waals surface area (Å²) in [5.74, 6) is 0.822. The van der Waals surface area contributed by atoms with Gasteiger partial charge in [-0.3, -0.25) is 4.79 Å². The molecule has 0 spiro atoms. The highest BCUT2D eigenvalue weighted by atomic mass is 16.5. The number of nitrogens with one attached hydrogen (secondary N) is 1. The molecular formula is C27H36N2O3. The number of ether oxygens (including phenoxy) is 2. The third-order valence-corrected chi connectivity index (χ3v) is 6.55. The molecule has 2 aliphatic rings. The molecule has 0 saturated carbocycles. The first kappa shape index (κ1) is 22.8. The van der Waals surface area contributed by atoms with Crippen molar-refractivity contribution in [1.82, 2.24) is 10.2 Å². The minimum atomic E-state index is -0.176. The van der Waals surface area contributed by atoms with Crippen LogP contribution in [0.5, 0.6) is 5.75 Å². The number of piperidine rings is 1. The van der Waals surface area contributed by atoms with Gasteiger partial charge in [-0.05, 0) is 75.8 Å². The molecule has 4 rings (SSSR count). The summed E-state index contributed by atoms with van der Waals surface area (Å²) in [5.41, 5.74) is 1.90. The van der Waals surface area contributed by atoms with E-state index < -0.39 is 0 Å². The number of carbonyl (C=O) groups is 1. The molecule has 2 saturated heterocycles. The molecule has 2 aromatic rings. The molecule has 0 aromatic heterocycles. The van der Waals surface area contributed by atoms with Crippen molar-refractivity contribution >= 4 is 5.91 Å². The van der Waals surface area contributed by atoms with Crippen LogP contribution in [0.15, 0.2) is 54.6 Å². The SMILES string of the molecule is CC1(C)CC(NC(=O)c2ccc(OC3CCN(CCc4ccccc4)CC3)cc2)CCO1. The fourth-order valence-corrected chi connectivity index (χ4v) is 4.68. The van der Waals surface area contributed by atoms with E-state index in [1.165, 1.54) is 5.56 Å². The zero-order chi connectivity index (χ0) is 22.4. The van der Waals surface area contributed by atoms with Crippen LogP contribution in [0.1, 0.15) is 55.5 Å². The second kappa shape index (κ2) is 10.5. The van der Waals surface area contributed by atoms with Crippen molar-refractivity contribution in [3.8, 4) is 5.75 Å². The second-order valence-electron chi connectivity index (χ2n) is 9.69. The fourth-order valence-electron chi connectivity index (χ4n) is 4.68. The van der Waals surface area contributed by atoms with Crippen molar-refractivity contribution in [1.29, 1.82) is 0 Å². The van der Waals surface area contributed by atoms with Gasteiger partial charge >= 0.3 is 0 Å². The molecule has 0 bridgehead atoms. The first-order chi connectivity index (χ1) is 15.5. The first-order valence-electron chi connectivity index (χ1n) is 11.9. The van der Waals surface area contributed by atoms with Crippen LogP contribution >= 0.6 is 0 Å². The highest BCUT2D eigenvalue weighted by molar-refractivity contribution is 5.94. The maximum absolute atomic E-state index is 12.6. The Kier molecular flexibility index (Phi) is 7.48. The Morgan fingerprint density at radius 3 is 2.47 bits per heavy atom. The van der Waals surface area contributed by atoms with Gasteiger partial charge in [-0.1, -0.05) is 30.3 Å². The van der Waals surface area contributed by atoms with Gasteiger partial charge in [0.05, 0.1) is 5.60 Å². The van der Waals surface area contributed by atoms with Gasteiger partial charge in [-0.2, -0.15) is 0 Å². The summed E-state index contributed by atoms with van der Waals surface area (Å²) >= 11 is 0. The van der Waals surface area contributed by atoms with Crippen LogP contribution in [0.2, 0.25) is 0 Å². The average Bonchev–Trinajstić information content (AvgIpc) is 2.79. The quantitative estimate of drug-likeness (QED) is 0.696. The van der Waals surface area contributed by atoms with Crippen molar-refractivity contribution < 1.29 is 14.3 Å². The molecule has 5 heteroatoms. The normalized spacial score (nSPS) is 21.8. The van der Waals surface area contributed by atoms with Gasteiger partial charge in [0.2, 0.25) is 0 Å². The Balaban J connectivity index is 1.20. The summed E-state index contributed by atoms with van der Waals surface area (Å²) in [4.78, 5) is 15.2. The van der Waals surface area contributed by atoms with Gasteiger partial charge in [0, 0.05) is 37.8 Å². The number of nitrogens with zero attached hydrogens (tertiary/aromatic N) is 1. The Bertz CT molecular complexity index is 858. The van der Waals surface area contributed by atoms with Gasteiger partial charge in [0.1, 0.15) is 11.9 Å². The summed E-state index contributed by atoms with van der Waals surface area (Å²) in [7, 11) is 0. The monoisotopic (exact) mass is 436 g/mol. The molecule has 2 aromatic carbocycles. The lowest BCUT2D eigenvalue weighted by atomic mass is 9.94. The van der Waals surface area contributed by atoms with E-state index in [0.717, 1.165) is 57.5 Å². The van der Waals surface area contributed by atoms with E-state index in [1.54, 1.807) is 0 Å². The van der Waals surface area contributed by atoms with E-state index in [2.05, 4.69) is 54.4 Å². The number of amides is 1. The van der Waals surface area contributed by atoms with E-state index in [0.29, 0.717) is 12.2 Å². The van der Waals surface area contributed by atoms with Crippen LogP contribution < -0.4 is 10.1 Å². The minimum absolute atomic E-state index is 0.0222. The highest BCUT2D eigenvalue weighted by Gasteiger charge is 2.29. The molecule has 1 N–H and O–H groups in total. The molecule has 32 heavy (non-hydrogen) atoms. The molecule has 1 unspecified atom stereocenters. The lowest BCUT2D eigenvalue weighted by Crippen LogP contribution is -2.45. The van der Waals surface area contributed by atoms with Crippen LogP contribution in [0.4, 0.5) is 0 Å². The zero-order valence-electron chi connectivity index (χ0n) is 19.4. The summed E-state index contributed by atoms with van der Waals surface area (Å²) in [6.45, 7) is 8.08. The molecule has 0 aliphatic carbocycles. The van der Waals surface area contributed by atoms with Crippen molar-refractivity contribution in [2.75, 3.05) is 26.2 Å². The third kappa shape index (κ3) is 6.57. The van der Waals surface area contributed by atoms with E-state index in [9.17, 15) is 4.79 Å². The predicted molar refractivity (Wildman–Crippen MR) is 127 cm³/mol. The Hall–Kier alpha value is -2.37. The second-order valence-corrected chi connectivity index (χ2v) is 9.69. The third-order valence-electron chi connectivity index (χ3n) is 6.55. The van der Waals surface area contributed by atoms with E-state index in [1.807, 2.05) is 24.3 Å². The molecule has 2 heterocycles. The van der Waals surface area contributed by atoms with Crippen LogP contribution in [0.25, 0.3) is 0 Å². The van der Waals surface area contributed by atoms with Crippen molar-refractivity contribution in [3.05, 3.63) is 65.7 Å². The number of rotatable bonds is 7. The molecule has 0 radical (unpaired) electrons. The van der Waals surface area contributed by atoms with Crippen molar-refractivity contribution in [2.24, 2.45) is 0 Å². The fraction of sp³-hybridized carbons (Fsp3) is 0.519. The van der Waals surface area contributed by atoms with Gasteiger partial charge in [0.25, 0.3) is 5.91 Å². The van der Waals surface area contributed by atoms with Crippen LogP contribution in [0.3, 0.4) is 0 Å². The molecule has 5 nitrogen and oxygen atoms in total.